The number of aromatic nitrogens is 1. The summed E-state index contributed by atoms with van der Waals surface area (Å²) in [4.78, 5) is 4.23. The van der Waals surface area contributed by atoms with Gasteiger partial charge >= 0.3 is 0 Å². The first-order valence-electron chi connectivity index (χ1n) is 6.93. The largest absolute Gasteiger partial charge is 0.439 e. The number of pyridine rings is 1. The molecule has 0 aliphatic heterocycles. The van der Waals surface area contributed by atoms with Gasteiger partial charge in [-0.15, -0.1) is 0 Å². The van der Waals surface area contributed by atoms with Crippen molar-refractivity contribution in [3.8, 4) is 11.6 Å². The maximum Gasteiger partial charge on any atom is 0.219 e. The fraction of sp³-hybridized carbons (Fsp3) is 0.312. The second-order valence-electron chi connectivity index (χ2n) is 5.28. The van der Waals surface area contributed by atoms with Gasteiger partial charge in [0.25, 0.3) is 0 Å². The highest BCUT2D eigenvalue weighted by Crippen LogP contribution is 2.28. The lowest BCUT2D eigenvalue weighted by Crippen LogP contribution is -2.15. The summed E-state index contributed by atoms with van der Waals surface area (Å²) in [6, 6.07) is 8.02. The molecule has 0 amide bonds. The summed E-state index contributed by atoms with van der Waals surface area (Å²) in [6.07, 6.45) is 4.12. The molecule has 1 saturated carbocycles. The standard InChI is InChI=1S/C16H16Cl2N2O/c1-10-6-12(17)2-5-15(10)21-16-7-11(14(18)9-20-16)8-19-13-3-4-13/h2,5-7,9,13,19H,3-4,8H2,1H3. The van der Waals surface area contributed by atoms with Gasteiger partial charge in [-0.2, -0.15) is 0 Å². The first-order chi connectivity index (χ1) is 10.1. The maximum atomic E-state index is 6.18. The highest BCUT2D eigenvalue weighted by molar-refractivity contribution is 6.31. The predicted molar refractivity (Wildman–Crippen MR) is 85.4 cm³/mol. The van der Waals surface area contributed by atoms with Gasteiger partial charge in [0.05, 0.1) is 5.02 Å². The normalized spacial score (nSPS) is 14.2. The van der Waals surface area contributed by atoms with E-state index >= 15 is 0 Å². The summed E-state index contributed by atoms with van der Waals surface area (Å²) in [5, 5.41) is 4.79. The van der Waals surface area contributed by atoms with Gasteiger partial charge in [-0.1, -0.05) is 23.2 Å². The van der Waals surface area contributed by atoms with Crippen LogP contribution in [0.25, 0.3) is 0 Å². The molecule has 0 spiro atoms. The number of halogens is 2. The smallest absolute Gasteiger partial charge is 0.219 e. The fourth-order valence-electron chi connectivity index (χ4n) is 2.03. The summed E-state index contributed by atoms with van der Waals surface area (Å²) >= 11 is 12.1. The van der Waals surface area contributed by atoms with E-state index in [4.69, 9.17) is 27.9 Å². The molecule has 1 N–H and O–H groups in total. The van der Waals surface area contributed by atoms with Crippen molar-refractivity contribution < 1.29 is 4.74 Å². The van der Waals surface area contributed by atoms with Crippen LogP contribution in [0.5, 0.6) is 11.6 Å². The van der Waals surface area contributed by atoms with Crippen LogP contribution in [0.15, 0.2) is 30.5 Å². The number of aryl methyl sites for hydroxylation is 1. The third-order valence-corrected chi connectivity index (χ3v) is 4.00. The Bertz CT molecular complexity index is 657. The van der Waals surface area contributed by atoms with Crippen molar-refractivity contribution in [2.24, 2.45) is 0 Å². The molecule has 3 nitrogen and oxygen atoms in total. The van der Waals surface area contributed by atoms with Crippen LogP contribution in [0.4, 0.5) is 0 Å². The maximum absolute atomic E-state index is 6.18. The molecule has 1 aliphatic rings. The molecule has 1 aliphatic carbocycles. The lowest BCUT2D eigenvalue weighted by Gasteiger charge is -2.11. The highest BCUT2D eigenvalue weighted by atomic mass is 35.5. The lowest BCUT2D eigenvalue weighted by molar-refractivity contribution is 0.458. The minimum Gasteiger partial charge on any atom is -0.439 e. The molecule has 1 heterocycles. The van der Waals surface area contributed by atoms with Crippen molar-refractivity contribution in [3.05, 3.63) is 51.6 Å². The fourth-order valence-corrected chi connectivity index (χ4v) is 2.43. The van der Waals surface area contributed by atoms with Crippen LogP contribution < -0.4 is 10.1 Å². The summed E-state index contributed by atoms with van der Waals surface area (Å²) in [7, 11) is 0. The Morgan fingerprint density at radius 3 is 2.81 bits per heavy atom. The van der Waals surface area contributed by atoms with Crippen molar-refractivity contribution in [2.45, 2.75) is 32.4 Å². The third kappa shape index (κ3) is 3.88. The predicted octanol–water partition coefficient (Wildman–Crippen LogP) is 4.74. The third-order valence-electron chi connectivity index (χ3n) is 3.42. The van der Waals surface area contributed by atoms with E-state index in [2.05, 4.69) is 10.3 Å². The van der Waals surface area contributed by atoms with Gasteiger partial charge in [-0.25, -0.2) is 4.98 Å². The molecule has 1 aromatic carbocycles. The number of nitrogens with one attached hydrogen (secondary N) is 1. The molecule has 0 radical (unpaired) electrons. The van der Waals surface area contributed by atoms with Crippen molar-refractivity contribution in [1.82, 2.24) is 10.3 Å². The van der Waals surface area contributed by atoms with E-state index in [-0.39, 0.29) is 0 Å². The zero-order chi connectivity index (χ0) is 14.8. The van der Waals surface area contributed by atoms with E-state index in [1.807, 2.05) is 25.1 Å². The van der Waals surface area contributed by atoms with E-state index in [1.165, 1.54) is 12.8 Å². The Morgan fingerprint density at radius 1 is 1.29 bits per heavy atom. The minimum atomic E-state index is 0.539. The highest BCUT2D eigenvalue weighted by Gasteiger charge is 2.20. The summed E-state index contributed by atoms with van der Waals surface area (Å²) in [5.41, 5.74) is 1.97. The van der Waals surface area contributed by atoms with Gasteiger partial charge in [0.15, 0.2) is 0 Å². The second kappa shape index (κ2) is 6.22. The molecular weight excluding hydrogens is 307 g/mol. The van der Waals surface area contributed by atoms with Crippen LogP contribution in [0.1, 0.15) is 24.0 Å². The molecule has 1 aromatic heterocycles. The minimum absolute atomic E-state index is 0.539. The van der Waals surface area contributed by atoms with Gasteiger partial charge < -0.3 is 10.1 Å². The number of hydrogen-bond acceptors (Lipinski definition) is 3. The van der Waals surface area contributed by atoms with Crippen LogP contribution in [0.2, 0.25) is 10.0 Å². The Morgan fingerprint density at radius 2 is 2.10 bits per heavy atom. The molecule has 0 unspecified atom stereocenters. The van der Waals surface area contributed by atoms with Crippen molar-refractivity contribution in [2.75, 3.05) is 0 Å². The van der Waals surface area contributed by atoms with E-state index < -0.39 is 0 Å². The molecule has 5 heteroatoms. The molecule has 21 heavy (non-hydrogen) atoms. The van der Waals surface area contributed by atoms with Gasteiger partial charge in [0.2, 0.25) is 5.88 Å². The van der Waals surface area contributed by atoms with Crippen LogP contribution >= 0.6 is 23.2 Å². The quantitative estimate of drug-likeness (QED) is 0.863. The zero-order valence-corrected chi connectivity index (χ0v) is 13.2. The van der Waals surface area contributed by atoms with Gasteiger partial charge in [-0.3, -0.25) is 0 Å². The summed E-state index contributed by atoms with van der Waals surface area (Å²) < 4.78 is 5.83. The van der Waals surface area contributed by atoms with Crippen molar-refractivity contribution in [3.63, 3.8) is 0 Å². The molecule has 2 aromatic rings. The average Bonchev–Trinajstić information content (AvgIpc) is 3.26. The molecule has 3 rings (SSSR count). The van der Waals surface area contributed by atoms with Gasteiger partial charge in [-0.05, 0) is 49.1 Å². The first-order valence-corrected chi connectivity index (χ1v) is 7.69. The summed E-state index contributed by atoms with van der Waals surface area (Å²) in [5.74, 6) is 1.28. The Labute approximate surface area is 134 Å². The monoisotopic (exact) mass is 322 g/mol. The van der Waals surface area contributed by atoms with E-state index in [0.717, 1.165) is 23.4 Å². The van der Waals surface area contributed by atoms with Crippen LogP contribution in [-0.4, -0.2) is 11.0 Å². The van der Waals surface area contributed by atoms with E-state index in [0.29, 0.717) is 22.0 Å². The van der Waals surface area contributed by atoms with Crippen LogP contribution in [0.3, 0.4) is 0 Å². The number of rotatable bonds is 5. The number of benzene rings is 1. The van der Waals surface area contributed by atoms with E-state index in [1.54, 1.807) is 12.3 Å². The second-order valence-corrected chi connectivity index (χ2v) is 6.12. The SMILES string of the molecule is Cc1cc(Cl)ccc1Oc1cc(CNC2CC2)c(Cl)cn1. The van der Waals surface area contributed by atoms with Crippen LogP contribution in [-0.2, 0) is 6.54 Å². The number of hydrogen-bond donors (Lipinski definition) is 1. The molecule has 0 atom stereocenters. The van der Waals surface area contributed by atoms with E-state index in [9.17, 15) is 0 Å². The first kappa shape index (κ1) is 14.6. The topological polar surface area (TPSA) is 34.1 Å². The van der Waals surface area contributed by atoms with Crippen LogP contribution in [0, 0.1) is 6.92 Å². The summed E-state index contributed by atoms with van der Waals surface area (Å²) in [6.45, 7) is 2.69. The Hall–Kier alpha value is -1.29. The Kier molecular flexibility index (Phi) is 4.34. The van der Waals surface area contributed by atoms with Gasteiger partial charge in [0, 0.05) is 29.9 Å². The molecule has 0 saturated heterocycles. The molecule has 1 fully saturated rings. The van der Waals surface area contributed by atoms with Crippen molar-refractivity contribution in [1.29, 1.82) is 0 Å². The Balaban J connectivity index is 1.76. The number of ether oxygens (including phenoxy) is 1. The number of nitrogens with zero attached hydrogens (tertiary/aromatic N) is 1. The average molecular weight is 323 g/mol. The molecule has 110 valence electrons. The zero-order valence-electron chi connectivity index (χ0n) is 11.7. The lowest BCUT2D eigenvalue weighted by atomic mass is 10.2. The van der Waals surface area contributed by atoms with Gasteiger partial charge in [0.1, 0.15) is 5.75 Å². The molecule has 0 bridgehead atoms. The molecular formula is C16H16Cl2N2O. The van der Waals surface area contributed by atoms with Crippen molar-refractivity contribution >= 4 is 23.2 Å².